The summed E-state index contributed by atoms with van der Waals surface area (Å²) in [5.41, 5.74) is 1.36. The number of unbranched alkanes of at least 4 members (excludes halogenated alkanes) is 1. The second-order valence-corrected chi connectivity index (χ2v) is 6.06. The van der Waals surface area contributed by atoms with Gasteiger partial charge in [0.05, 0.1) is 6.61 Å². The number of likely N-dealkylation sites (N-methyl/N-ethyl adjacent to an activating group) is 1. The molecule has 0 unspecified atom stereocenters. The van der Waals surface area contributed by atoms with Crippen LogP contribution in [-0.4, -0.2) is 56.2 Å². The molecule has 1 aromatic rings. The summed E-state index contributed by atoms with van der Waals surface area (Å²) in [6, 6.07) is 8.52. The first kappa shape index (κ1) is 16.3. The van der Waals surface area contributed by atoms with Gasteiger partial charge >= 0.3 is 0 Å². The highest BCUT2D eigenvalue weighted by molar-refractivity contribution is 5.33. The Balaban J connectivity index is 1.74. The minimum absolute atomic E-state index is 0.839. The smallest absolute Gasteiger partial charge is 0.122 e. The van der Waals surface area contributed by atoms with Crippen LogP contribution in [0.2, 0.25) is 0 Å². The van der Waals surface area contributed by atoms with Crippen LogP contribution in [0.15, 0.2) is 24.3 Å². The van der Waals surface area contributed by atoms with Gasteiger partial charge in [-0.15, -0.1) is 0 Å². The highest BCUT2D eigenvalue weighted by Gasteiger charge is 2.13. The molecule has 0 spiro atoms. The zero-order valence-electron chi connectivity index (χ0n) is 13.7. The molecule has 21 heavy (non-hydrogen) atoms. The van der Waals surface area contributed by atoms with Crippen molar-refractivity contribution in [3.8, 4) is 5.75 Å². The first-order valence-electron chi connectivity index (χ1n) is 8.41. The van der Waals surface area contributed by atoms with Gasteiger partial charge in [0.25, 0.3) is 0 Å². The molecular formula is C18H30N2O. The van der Waals surface area contributed by atoms with E-state index in [1.54, 1.807) is 0 Å². The van der Waals surface area contributed by atoms with E-state index in [9.17, 15) is 0 Å². The average Bonchev–Trinajstić information content (AvgIpc) is 2.51. The van der Waals surface area contributed by atoms with Gasteiger partial charge in [0.2, 0.25) is 0 Å². The Morgan fingerprint density at radius 1 is 1.05 bits per heavy atom. The molecule has 0 aliphatic carbocycles. The molecule has 3 heteroatoms. The van der Waals surface area contributed by atoms with Crippen LogP contribution >= 0.6 is 0 Å². The van der Waals surface area contributed by atoms with Gasteiger partial charge < -0.3 is 14.5 Å². The predicted octanol–water partition coefficient (Wildman–Crippen LogP) is 3.05. The molecule has 0 saturated carbocycles. The van der Waals surface area contributed by atoms with Crippen LogP contribution in [0, 0.1) is 0 Å². The monoisotopic (exact) mass is 290 g/mol. The van der Waals surface area contributed by atoms with Crippen LogP contribution in [0.1, 0.15) is 31.7 Å². The largest absolute Gasteiger partial charge is 0.493 e. The summed E-state index contributed by atoms with van der Waals surface area (Å²) in [6.45, 7) is 9.08. The summed E-state index contributed by atoms with van der Waals surface area (Å²) in [5.74, 6) is 1.09. The third kappa shape index (κ3) is 5.68. The number of para-hydroxylation sites is 1. The second kappa shape index (κ2) is 9.06. The topological polar surface area (TPSA) is 15.7 Å². The maximum absolute atomic E-state index is 5.91. The minimum atomic E-state index is 0.839. The van der Waals surface area contributed by atoms with Gasteiger partial charge in [-0.3, -0.25) is 0 Å². The van der Waals surface area contributed by atoms with Crippen molar-refractivity contribution >= 4 is 0 Å². The summed E-state index contributed by atoms with van der Waals surface area (Å²) in [4.78, 5) is 4.99. The molecule has 1 saturated heterocycles. The highest BCUT2D eigenvalue weighted by atomic mass is 16.5. The van der Waals surface area contributed by atoms with E-state index in [0.29, 0.717) is 0 Å². The van der Waals surface area contributed by atoms with Gasteiger partial charge in [-0.25, -0.2) is 0 Å². The lowest BCUT2D eigenvalue weighted by molar-refractivity contribution is 0.153. The average molecular weight is 290 g/mol. The Morgan fingerprint density at radius 2 is 1.81 bits per heavy atom. The van der Waals surface area contributed by atoms with Crippen molar-refractivity contribution in [2.45, 2.75) is 32.6 Å². The number of ether oxygens (including phenoxy) is 1. The van der Waals surface area contributed by atoms with Gasteiger partial charge in [-0.1, -0.05) is 31.5 Å². The molecule has 118 valence electrons. The van der Waals surface area contributed by atoms with Crippen LogP contribution in [-0.2, 0) is 6.42 Å². The van der Waals surface area contributed by atoms with E-state index >= 15 is 0 Å². The van der Waals surface area contributed by atoms with Crippen molar-refractivity contribution in [2.24, 2.45) is 0 Å². The first-order chi connectivity index (χ1) is 10.3. The molecule has 0 aromatic heterocycles. The van der Waals surface area contributed by atoms with Gasteiger partial charge in [-0.2, -0.15) is 0 Å². The normalized spacial score (nSPS) is 17.0. The van der Waals surface area contributed by atoms with E-state index in [4.69, 9.17) is 4.74 Å². The molecule has 3 nitrogen and oxygen atoms in total. The number of benzene rings is 1. The lowest BCUT2D eigenvalue weighted by atomic mass is 10.1. The standard InChI is InChI=1S/C18H30N2O/c1-3-4-16-21-18-10-6-5-8-17(18)9-7-11-20-14-12-19(2)13-15-20/h5-6,8,10H,3-4,7,9,11-16H2,1-2H3. The lowest BCUT2D eigenvalue weighted by Crippen LogP contribution is -2.44. The van der Waals surface area contributed by atoms with E-state index in [2.05, 4.69) is 48.0 Å². The summed E-state index contributed by atoms with van der Waals surface area (Å²) in [7, 11) is 2.21. The molecule has 0 amide bonds. The van der Waals surface area contributed by atoms with Crippen molar-refractivity contribution in [1.29, 1.82) is 0 Å². The molecule has 0 N–H and O–H groups in total. The van der Waals surface area contributed by atoms with Crippen molar-refractivity contribution in [3.63, 3.8) is 0 Å². The van der Waals surface area contributed by atoms with Gasteiger partial charge in [0, 0.05) is 26.2 Å². The zero-order valence-corrected chi connectivity index (χ0v) is 13.7. The second-order valence-electron chi connectivity index (χ2n) is 6.06. The van der Waals surface area contributed by atoms with Crippen LogP contribution < -0.4 is 4.74 Å². The van der Waals surface area contributed by atoms with Gasteiger partial charge in [-0.05, 0) is 44.5 Å². The maximum atomic E-state index is 5.91. The molecule has 0 radical (unpaired) electrons. The molecule has 1 fully saturated rings. The summed E-state index contributed by atoms with van der Waals surface area (Å²) < 4.78 is 5.91. The molecule has 1 aromatic carbocycles. The number of aryl methyl sites for hydroxylation is 1. The zero-order chi connectivity index (χ0) is 14.9. The van der Waals surface area contributed by atoms with Crippen molar-refractivity contribution in [1.82, 2.24) is 9.80 Å². The van der Waals surface area contributed by atoms with E-state index in [1.807, 2.05) is 0 Å². The number of piperazine rings is 1. The number of hydrogen-bond donors (Lipinski definition) is 0. The van der Waals surface area contributed by atoms with Gasteiger partial charge in [0.1, 0.15) is 5.75 Å². The molecule has 1 aliphatic rings. The van der Waals surface area contributed by atoms with Crippen LogP contribution in [0.3, 0.4) is 0 Å². The lowest BCUT2D eigenvalue weighted by Gasteiger charge is -2.32. The third-order valence-electron chi connectivity index (χ3n) is 4.24. The fraction of sp³-hybridized carbons (Fsp3) is 0.667. The fourth-order valence-corrected chi connectivity index (χ4v) is 2.74. The quantitative estimate of drug-likeness (QED) is 0.684. The Hall–Kier alpha value is -1.06. The van der Waals surface area contributed by atoms with E-state index in [1.165, 1.54) is 51.1 Å². The predicted molar refractivity (Wildman–Crippen MR) is 89.1 cm³/mol. The summed E-state index contributed by atoms with van der Waals surface area (Å²) in [6.07, 6.45) is 4.66. The van der Waals surface area contributed by atoms with Crippen LogP contribution in [0.25, 0.3) is 0 Å². The number of rotatable bonds is 8. The van der Waals surface area contributed by atoms with E-state index < -0.39 is 0 Å². The van der Waals surface area contributed by atoms with Crippen molar-refractivity contribution in [2.75, 3.05) is 46.4 Å². The highest BCUT2D eigenvalue weighted by Crippen LogP contribution is 2.20. The maximum Gasteiger partial charge on any atom is 0.122 e. The molecule has 1 aliphatic heterocycles. The van der Waals surface area contributed by atoms with Crippen LogP contribution in [0.4, 0.5) is 0 Å². The molecule has 0 atom stereocenters. The van der Waals surface area contributed by atoms with E-state index in [-0.39, 0.29) is 0 Å². The summed E-state index contributed by atoms with van der Waals surface area (Å²) in [5, 5.41) is 0. The third-order valence-corrected chi connectivity index (χ3v) is 4.24. The Kier molecular flexibility index (Phi) is 7.04. The molecular weight excluding hydrogens is 260 g/mol. The van der Waals surface area contributed by atoms with Crippen molar-refractivity contribution in [3.05, 3.63) is 29.8 Å². The molecule has 2 rings (SSSR count). The number of nitrogens with zero attached hydrogens (tertiary/aromatic N) is 2. The Bertz CT molecular complexity index is 400. The SMILES string of the molecule is CCCCOc1ccccc1CCCN1CCN(C)CC1. The Morgan fingerprint density at radius 3 is 2.57 bits per heavy atom. The van der Waals surface area contributed by atoms with Crippen molar-refractivity contribution < 1.29 is 4.74 Å². The number of hydrogen-bond acceptors (Lipinski definition) is 3. The van der Waals surface area contributed by atoms with E-state index in [0.717, 1.165) is 25.2 Å². The fourth-order valence-electron chi connectivity index (χ4n) is 2.74. The molecule has 0 bridgehead atoms. The summed E-state index contributed by atoms with van der Waals surface area (Å²) >= 11 is 0. The molecule has 1 heterocycles. The van der Waals surface area contributed by atoms with Crippen LogP contribution in [0.5, 0.6) is 5.75 Å². The first-order valence-corrected chi connectivity index (χ1v) is 8.41. The minimum Gasteiger partial charge on any atom is -0.493 e. The van der Waals surface area contributed by atoms with Gasteiger partial charge in [0.15, 0.2) is 0 Å². The Labute approximate surface area is 129 Å².